The Labute approximate surface area is 158 Å². The summed E-state index contributed by atoms with van der Waals surface area (Å²) in [7, 11) is 0. The molecule has 1 atom stereocenters. The van der Waals surface area contributed by atoms with Gasteiger partial charge in [-0.3, -0.25) is 24.9 Å². The minimum Gasteiger partial charge on any atom is -0.460 e. The summed E-state index contributed by atoms with van der Waals surface area (Å²) in [6.45, 7) is 4.91. The van der Waals surface area contributed by atoms with Gasteiger partial charge in [0, 0.05) is 17.3 Å². The Morgan fingerprint density at radius 2 is 1.89 bits per heavy atom. The van der Waals surface area contributed by atoms with Crippen LogP contribution < -0.4 is 16.6 Å². The molecule has 10 heteroatoms. The van der Waals surface area contributed by atoms with E-state index in [0.29, 0.717) is 5.70 Å². The fourth-order valence-electron chi connectivity index (χ4n) is 3.24. The van der Waals surface area contributed by atoms with Crippen molar-refractivity contribution in [3.8, 4) is 0 Å². The maximum atomic E-state index is 12.8. The van der Waals surface area contributed by atoms with E-state index < -0.39 is 34.2 Å². The Morgan fingerprint density at radius 3 is 2.54 bits per heavy atom. The molecule has 0 fully saturated rings. The van der Waals surface area contributed by atoms with Gasteiger partial charge in [-0.1, -0.05) is 18.2 Å². The first-order valence-electron chi connectivity index (χ1n) is 8.49. The van der Waals surface area contributed by atoms with Crippen LogP contribution in [-0.2, 0) is 9.53 Å². The smallest absolute Gasteiger partial charge is 0.337 e. The van der Waals surface area contributed by atoms with Crippen LogP contribution in [0.1, 0.15) is 37.8 Å². The van der Waals surface area contributed by atoms with Crippen molar-refractivity contribution in [2.24, 2.45) is 0 Å². The molecule has 0 aliphatic carbocycles. The lowest BCUT2D eigenvalue weighted by molar-refractivity contribution is -0.385. The lowest BCUT2D eigenvalue weighted by atomic mass is 9.81. The number of hydrogen-bond donors (Lipinski definition) is 3. The van der Waals surface area contributed by atoms with Crippen LogP contribution in [0.4, 0.5) is 11.5 Å². The Balaban J connectivity index is 2.34. The van der Waals surface area contributed by atoms with E-state index in [2.05, 4.69) is 15.3 Å². The van der Waals surface area contributed by atoms with E-state index in [4.69, 9.17) is 4.74 Å². The summed E-state index contributed by atoms with van der Waals surface area (Å²) in [6.07, 6.45) is -0.436. The number of aromatic nitrogens is 2. The first-order valence-corrected chi connectivity index (χ1v) is 8.49. The molecule has 0 amide bonds. The van der Waals surface area contributed by atoms with Crippen LogP contribution in [0.25, 0.3) is 0 Å². The number of nitro benzene ring substituents is 1. The van der Waals surface area contributed by atoms with Crippen LogP contribution in [0.5, 0.6) is 0 Å². The number of esters is 1. The molecular weight excluding hydrogens is 368 g/mol. The van der Waals surface area contributed by atoms with Crippen LogP contribution >= 0.6 is 0 Å². The zero-order valence-corrected chi connectivity index (χ0v) is 15.4. The van der Waals surface area contributed by atoms with E-state index in [-0.39, 0.29) is 28.2 Å². The molecule has 1 aromatic heterocycles. The van der Waals surface area contributed by atoms with Gasteiger partial charge in [0.1, 0.15) is 5.82 Å². The number of anilines is 1. The third kappa shape index (κ3) is 3.31. The Morgan fingerprint density at radius 1 is 1.21 bits per heavy atom. The van der Waals surface area contributed by atoms with Gasteiger partial charge in [0.15, 0.2) is 0 Å². The molecule has 1 aliphatic heterocycles. The molecule has 146 valence electrons. The van der Waals surface area contributed by atoms with Gasteiger partial charge in [-0.05, 0) is 20.8 Å². The van der Waals surface area contributed by atoms with Gasteiger partial charge in [0.05, 0.1) is 28.1 Å². The number of para-hydroxylation sites is 1. The van der Waals surface area contributed by atoms with Crippen LogP contribution in [0.3, 0.4) is 0 Å². The number of H-pyrrole nitrogens is 2. The zero-order valence-electron chi connectivity index (χ0n) is 15.4. The maximum absolute atomic E-state index is 12.8. The molecule has 3 rings (SSSR count). The van der Waals surface area contributed by atoms with E-state index in [0.717, 1.165) is 0 Å². The highest BCUT2D eigenvalue weighted by Crippen LogP contribution is 2.42. The summed E-state index contributed by atoms with van der Waals surface area (Å²) in [5.74, 6) is -1.72. The van der Waals surface area contributed by atoms with Crippen LogP contribution in [0.2, 0.25) is 0 Å². The van der Waals surface area contributed by atoms with Crippen molar-refractivity contribution >= 4 is 17.5 Å². The number of allylic oxidation sites excluding steroid dienone is 1. The van der Waals surface area contributed by atoms with E-state index >= 15 is 0 Å². The first-order chi connectivity index (χ1) is 13.2. The average molecular weight is 386 g/mol. The number of carbonyl (C=O) groups is 1. The Bertz CT molecular complexity index is 1110. The minimum absolute atomic E-state index is 0.00444. The number of benzene rings is 1. The molecule has 0 saturated carbocycles. The third-order valence-electron chi connectivity index (χ3n) is 4.28. The normalized spacial score (nSPS) is 15.8. The number of fused-ring (bicyclic) bond motifs is 1. The van der Waals surface area contributed by atoms with E-state index in [1.54, 1.807) is 26.8 Å². The molecule has 1 aliphatic rings. The SMILES string of the molecule is CC1=C(C(=O)OC(C)C)[C@H](c2ccccc2[N+](=O)[O-])c2c([nH]c(=O)[nH]c2=O)N1. The highest BCUT2D eigenvalue weighted by molar-refractivity contribution is 5.94. The molecule has 2 heterocycles. The van der Waals surface area contributed by atoms with Crippen molar-refractivity contribution in [2.75, 3.05) is 5.32 Å². The summed E-state index contributed by atoms with van der Waals surface area (Å²) in [4.78, 5) is 52.6. The monoisotopic (exact) mass is 386 g/mol. The largest absolute Gasteiger partial charge is 0.460 e. The summed E-state index contributed by atoms with van der Waals surface area (Å²) < 4.78 is 5.30. The van der Waals surface area contributed by atoms with Gasteiger partial charge in [0.2, 0.25) is 0 Å². The lowest BCUT2D eigenvalue weighted by Gasteiger charge is -2.28. The van der Waals surface area contributed by atoms with E-state index in [9.17, 15) is 24.5 Å². The molecule has 1 aromatic carbocycles. The second-order valence-electron chi connectivity index (χ2n) is 6.56. The van der Waals surface area contributed by atoms with Gasteiger partial charge in [-0.25, -0.2) is 9.59 Å². The van der Waals surface area contributed by atoms with Crippen molar-refractivity contribution < 1.29 is 14.5 Å². The fourth-order valence-corrected chi connectivity index (χ4v) is 3.24. The number of nitrogens with zero attached hydrogens (tertiary/aromatic N) is 1. The molecule has 28 heavy (non-hydrogen) atoms. The number of rotatable bonds is 4. The topological polar surface area (TPSA) is 147 Å². The Kier molecular flexibility index (Phi) is 4.87. The van der Waals surface area contributed by atoms with Gasteiger partial charge in [-0.2, -0.15) is 0 Å². The number of nitrogens with one attached hydrogen (secondary N) is 3. The molecular formula is C18H18N4O6. The lowest BCUT2D eigenvalue weighted by Crippen LogP contribution is -2.35. The van der Waals surface area contributed by atoms with Crippen LogP contribution in [0.15, 0.2) is 45.1 Å². The highest BCUT2D eigenvalue weighted by atomic mass is 16.6. The number of nitro groups is 1. The molecule has 10 nitrogen and oxygen atoms in total. The second kappa shape index (κ2) is 7.14. The predicted octanol–water partition coefficient (Wildman–Crippen LogP) is 1.75. The minimum atomic E-state index is -1.09. The van der Waals surface area contributed by atoms with Gasteiger partial charge >= 0.3 is 11.7 Å². The van der Waals surface area contributed by atoms with Crippen LogP contribution in [0, 0.1) is 10.1 Å². The number of carbonyl (C=O) groups excluding carboxylic acids is 1. The number of ether oxygens (including phenoxy) is 1. The quantitative estimate of drug-likeness (QED) is 0.412. The highest BCUT2D eigenvalue weighted by Gasteiger charge is 2.39. The Hall–Kier alpha value is -3.69. The fraction of sp³-hybridized carbons (Fsp3) is 0.278. The van der Waals surface area contributed by atoms with Crippen molar-refractivity contribution in [2.45, 2.75) is 32.8 Å². The summed E-state index contributed by atoms with van der Waals surface area (Å²) in [5, 5.41) is 14.4. The van der Waals surface area contributed by atoms with Gasteiger partial charge < -0.3 is 10.1 Å². The molecule has 0 saturated heterocycles. The van der Waals surface area contributed by atoms with Crippen molar-refractivity contribution in [1.29, 1.82) is 0 Å². The molecule has 2 aromatic rings. The van der Waals surface area contributed by atoms with Crippen molar-refractivity contribution in [3.05, 3.63) is 77.6 Å². The van der Waals surface area contributed by atoms with Gasteiger partial charge in [-0.15, -0.1) is 0 Å². The molecule has 0 bridgehead atoms. The average Bonchev–Trinajstić information content (AvgIpc) is 2.59. The molecule has 3 N–H and O–H groups in total. The summed E-state index contributed by atoms with van der Waals surface area (Å²) >= 11 is 0. The van der Waals surface area contributed by atoms with Crippen molar-refractivity contribution in [3.63, 3.8) is 0 Å². The van der Waals surface area contributed by atoms with E-state index in [1.165, 1.54) is 18.2 Å². The predicted molar refractivity (Wildman–Crippen MR) is 100 cm³/mol. The third-order valence-corrected chi connectivity index (χ3v) is 4.28. The zero-order chi connectivity index (χ0) is 20.6. The first kappa shape index (κ1) is 19.1. The maximum Gasteiger partial charge on any atom is 0.337 e. The van der Waals surface area contributed by atoms with Crippen LogP contribution in [-0.4, -0.2) is 27.0 Å². The number of hydrogen-bond acceptors (Lipinski definition) is 7. The molecule has 0 unspecified atom stereocenters. The van der Waals surface area contributed by atoms with Gasteiger partial charge in [0.25, 0.3) is 11.2 Å². The standard InChI is InChI=1S/C18H18N4O6/c1-8(2)28-17(24)12-9(3)19-15-14(16(23)21-18(25)20-15)13(12)10-6-4-5-7-11(10)22(26)27/h4-8,13H,1-3H3,(H3,19,20,21,23,25)/t13-/m0/s1. The summed E-state index contributed by atoms with van der Waals surface area (Å²) in [6, 6.07) is 5.82. The molecule has 0 spiro atoms. The summed E-state index contributed by atoms with van der Waals surface area (Å²) in [5.41, 5.74) is -1.22. The van der Waals surface area contributed by atoms with E-state index in [1.807, 2.05) is 0 Å². The number of aromatic amines is 2. The molecule has 0 radical (unpaired) electrons. The second-order valence-corrected chi connectivity index (χ2v) is 6.56. The van der Waals surface area contributed by atoms with Crippen molar-refractivity contribution in [1.82, 2.24) is 9.97 Å².